The number of fused-ring (bicyclic) bond motifs is 1. The van der Waals surface area contributed by atoms with Gasteiger partial charge in [0.25, 0.3) is 0 Å². The molecule has 0 saturated carbocycles. The van der Waals surface area contributed by atoms with Gasteiger partial charge in [0, 0.05) is 12.5 Å². The minimum atomic E-state index is -0.981. The number of carboxylic acids is 1. The summed E-state index contributed by atoms with van der Waals surface area (Å²) < 4.78 is 22.2. The largest absolute Gasteiger partial charge is 0.494 e. The lowest BCUT2D eigenvalue weighted by Gasteiger charge is -2.30. The molecule has 3 unspecified atom stereocenters. The van der Waals surface area contributed by atoms with E-state index in [1.54, 1.807) is 32.9 Å². The van der Waals surface area contributed by atoms with Crippen LogP contribution >= 0.6 is 0 Å². The summed E-state index contributed by atoms with van der Waals surface area (Å²) in [6, 6.07) is 12.0. The van der Waals surface area contributed by atoms with Crippen molar-refractivity contribution in [1.29, 1.82) is 0 Å². The summed E-state index contributed by atoms with van der Waals surface area (Å²) in [5.41, 5.74) is 0.774. The number of hydrogen-bond acceptors (Lipinski definition) is 6. The van der Waals surface area contributed by atoms with Crippen LogP contribution in [0.25, 0.3) is 0 Å². The Bertz CT molecular complexity index is 1040. The quantitative estimate of drug-likeness (QED) is 0.637. The second-order valence-corrected chi connectivity index (χ2v) is 9.58. The lowest BCUT2D eigenvalue weighted by Crippen LogP contribution is -2.38. The van der Waals surface area contributed by atoms with E-state index in [0.29, 0.717) is 29.4 Å². The van der Waals surface area contributed by atoms with Gasteiger partial charge in [0.05, 0.1) is 18.6 Å². The van der Waals surface area contributed by atoms with Gasteiger partial charge in [0.2, 0.25) is 6.79 Å². The van der Waals surface area contributed by atoms with Crippen molar-refractivity contribution in [2.45, 2.75) is 51.7 Å². The SMILES string of the molecule is CCCOc1ccc(C2C(C(=O)O)C(c3ccc4c(c3)OCO4)CN2C(=O)OC(C)(C)C)cc1. The summed E-state index contributed by atoms with van der Waals surface area (Å²) in [7, 11) is 0. The van der Waals surface area contributed by atoms with Crippen molar-refractivity contribution in [3.8, 4) is 17.2 Å². The lowest BCUT2D eigenvalue weighted by molar-refractivity contribution is -0.143. The predicted molar refractivity (Wildman–Crippen MR) is 124 cm³/mol. The standard InChI is InChI=1S/C26H31NO7/c1-5-12-31-18-9-6-16(7-10-18)23-22(24(28)29)19(14-27(23)25(30)34-26(2,3)4)17-8-11-20-21(13-17)33-15-32-20/h6-11,13,19,22-23H,5,12,14-15H2,1-4H3,(H,28,29). The zero-order valence-electron chi connectivity index (χ0n) is 19.9. The fourth-order valence-corrected chi connectivity index (χ4v) is 4.49. The van der Waals surface area contributed by atoms with Crippen molar-refractivity contribution in [1.82, 2.24) is 4.90 Å². The van der Waals surface area contributed by atoms with E-state index >= 15 is 0 Å². The van der Waals surface area contributed by atoms with Gasteiger partial charge in [-0.05, 0) is 62.6 Å². The molecule has 1 amide bonds. The smallest absolute Gasteiger partial charge is 0.410 e. The Morgan fingerprint density at radius 2 is 1.74 bits per heavy atom. The molecule has 2 heterocycles. The number of rotatable bonds is 6. The number of benzene rings is 2. The van der Waals surface area contributed by atoms with Crippen LogP contribution < -0.4 is 14.2 Å². The fourth-order valence-electron chi connectivity index (χ4n) is 4.49. The van der Waals surface area contributed by atoms with Crippen molar-refractivity contribution in [2.24, 2.45) is 5.92 Å². The molecule has 8 heteroatoms. The van der Waals surface area contributed by atoms with E-state index < -0.39 is 35.5 Å². The average Bonchev–Trinajstić information content (AvgIpc) is 3.41. The van der Waals surface area contributed by atoms with Crippen LogP contribution in [0.4, 0.5) is 4.79 Å². The molecule has 2 aromatic carbocycles. The molecule has 34 heavy (non-hydrogen) atoms. The van der Waals surface area contributed by atoms with Gasteiger partial charge < -0.3 is 24.1 Å². The molecule has 4 rings (SSSR count). The molecule has 182 valence electrons. The molecule has 0 bridgehead atoms. The average molecular weight is 470 g/mol. The number of likely N-dealkylation sites (tertiary alicyclic amines) is 1. The molecule has 1 N–H and O–H groups in total. The third-order valence-corrected chi connectivity index (χ3v) is 5.94. The first-order valence-corrected chi connectivity index (χ1v) is 11.5. The number of aliphatic carboxylic acids is 1. The van der Waals surface area contributed by atoms with Crippen molar-refractivity contribution < 1.29 is 33.6 Å². The molecule has 1 fully saturated rings. The minimum absolute atomic E-state index is 0.130. The van der Waals surface area contributed by atoms with Gasteiger partial charge in [0.1, 0.15) is 11.4 Å². The highest BCUT2D eigenvalue weighted by Gasteiger charge is 2.50. The molecule has 0 spiro atoms. The maximum Gasteiger partial charge on any atom is 0.410 e. The predicted octanol–water partition coefficient (Wildman–Crippen LogP) is 4.98. The van der Waals surface area contributed by atoms with E-state index in [1.165, 1.54) is 4.90 Å². The van der Waals surface area contributed by atoms with E-state index in [4.69, 9.17) is 18.9 Å². The third kappa shape index (κ3) is 4.90. The summed E-state index contributed by atoms with van der Waals surface area (Å²) in [6.07, 6.45) is 0.341. The van der Waals surface area contributed by atoms with Crippen LogP contribution in [-0.2, 0) is 9.53 Å². The number of carbonyl (C=O) groups is 2. The van der Waals surface area contributed by atoms with Gasteiger partial charge in [0.15, 0.2) is 11.5 Å². The summed E-state index contributed by atoms with van der Waals surface area (Å²) in [4.78, 5) is 27.4. The maximum atomic E-state index is 13.2. The zero-order valence-corrected chi connectivity index (χ0v) is 19.9. The van der Waals surface area contributed by atoms with E-state index in [1.807, 2.05) is 37.3 Å². The second kappa shape index (κ2) is 9.44. The van der Waals surface area contributed by atoms with Gasteiger partial charge in [-0.1, -0.05) is 25.1 Å². The summed E-state index contributed by atoms with van der Waals surface area (Å²) in [6.45, 7) is 8.32. The number of amides is 1. The van der Waals surface area contributed by atoms with Crippen LogP contribution in [0.15, 0.2) is 42.5 Å². The highest BCUT2D eigenvalue weighted by atomic mass is 16.7. The number of ether oxygens (including phenoxy) is 4. The monoisotopic (exact) mass is 469 g/mol. The Hall–Kier alpha value is -3.42. The lowest BCUT2D eigenvalue weighted by atomic mass is 9.83. The van der Waals surface area contributed by atoms with Crippen LogP contribution in [0.2, 0.25) is 0 Å². The Morgan fingerprint density at radius 1 is 1.06 bits per heavy atom. The second-order valence-electron chi connectivity index (χ2n) is 9.58. The first-order valence-electron chi connectivity index (χ1n) is 11.5. The molecule has 3 atom stereocenters. The molecule has 8 nitrogen and oxygen atoms in total. The summed E-state index contributed by atoms with van der Waals surface area (Å²) in [5, 5.41) is 10.3. The van der Waals surface area contributed by atoms with Crippen molar-refractivity contribution in [2.75, 3.05) is 19.9 Å². The van der Waals surface area contributed by atoms with Crippen molar-refractivity contribution >= 4 is 12.1 Å². The van der Waals surface area contributed by atoms with Crippen molar-refractivity contribution in [3.63, 3.8) is 0 Å². The third-order valence-electron chi connectivity index (χ3n) is 5.94. The Kier molecular flexibility index (Phi) is 6.59. The van der Waals surface area contributed by atoms with Crippen LogP contribution in [0, 0.1) is 5.92 Å². The molecule has 0 radical (unpaired) electrons. The molecule has 2 aromatic rings. The first kappa shape index (κ1) is 23.7. The van der Waals surface area contributed by atoms with Crippen molar-refractivity contribution in [3.05, 3.63) is 53.6 Å². The van der Waals surface area contributed by atoms with Crippen LogP contribution in [0.5, 0.6) is 17.2 Å². The zero-order chi connectivity index (χ0) is 24.5. The molecular formula is C26H31NO7. The van der Waals surface area contributed by atoms with Gasteiger partial charge >= 0.3 is 12.1 Å². The van der Waals surface area contributed by atoms with Gasteiger partial charge in [-0.15, -0.1) is 0 Å². The highest BCUT2D eigenvalue weighted by molar-refractivity contribution is 5.77. The molecule has 0 aliphatic carbocycles. The van der Waals surface area contributed by atoms with Gasteiger partial charge in [-0.3, -0.25) is 9.69 Å². The van der Waals surface area contributed by atoms with Crippen LogP contribution in [0.1, 0.15) is 57.2 Å². The highest BCUT2D eigenvalue weighted by Crippen LogP contribution is 2.48. The Labute approximate surface area is 199 Å². The molecule has 0 aromatic heterocycles. The van der Waals surface area contributed by atoms with E-state index in [0.717, 1.165) is 12.0 Å². The Morgan fingerprint density at radius 3 is 2.38 bits per heavy atom. The molecule has 1 saturated heterocycles. The molecule has 2 aliphatic rings. The van der Waals surface area contributed by atoms with Gasteiger partial charge in [-0.25, -0.2) is 4.79 Å². The first-order chi connectivity index (χ1) is 16.2. The minimum Gasteiger partial charge on any atom is -0.494 e. The topological polar surface area (TPSA) is 94.5 Å². The van der Waals surface area contributed by atoms with Crippen LogP contribution in [-0.4, -0.2) is 47.6 Å². The fraction of sp³-hybridized carbons (Fsp3) is 0.462. The number of hydrogen-bond donors (Lipinski definition) is 1. The number of carboxylic acid groups (broad SMARTS) is 1. The maximum absolute atomic E-state index is 13.2. The normalized spacial score (nSPS) is 21.4. The van der Waals surface area contributed by atoms with E-state index in [2.05, 4.69) is 0 Å². The molecule has 2 aliphatic heterocycles. The molecular weight excluding hydrogens is 438 g/mol. The number of nitrogens with zero attached hydrogens (tertiary/aromatic N) is 1. The number of carbonyl (C=O) groups excluding carboxylic acids is 1. The summed E-state index contributed by atoms with van der Waals surface area (Å²) >= 11 is 0. The Balaban J connectivity index is 1.72. The van der Waals surface area contributed by atoms with Gasteiger partial charge in [-0.2, -0.15) is 0 Å². The van der Waals surface area contributed by atoms with E-state index in [9.17, 15) is 14.7 Å². The summed E-state index contributed by atoms with van der Waals surface area (Å²) in [5.74, 6) is -0.421. The van der Waals surface area contributed by atoms with E-state index in [-0.39, 0.29) is 13.3 Å². The van der Waals surface area contributed by atoms with Crippen LogP contribution in [0.3, 0.4) is 0 Å².